The van der Waals surface area contributed by atoms with Crippen LogP contribution in [0.3, 0.4) is 0 Å². The van der Waals surface area contributed by atoms with E-state index in [4.69, 9.17) is 16.3 Å². The van der Waals surface area contributed by atoms with Gasteiger partial charge in [0, 0.05) is 29.7 Å². The van der Waals surface area contributed by atoms with Crippen LogP contribution < -0.4 is 0 Å². The summed E-state index contributed by atoms with van der Waals surface area (Å²) < 4.78 is 5.58. The predicted octanol–water partition coefficient (Wildman–Crippen LogP) is 5.76. The molecule has 2 heterocycles. The summed E-state index contributed by atoms with van der Waals surface area (Å²) in [5.74, 6) is 0. The highest BCUT2D eigenvalue weighted by Gasteiger charge is 2.25. The quantitative estimate of drug-likeness (QED) is 0.279. The maximum atomic E-state index is 6.34. The Morgan fingerprint density at radius 1 is 0.909 bits per heavy atom. The molecule has 1 aliphatic heterocycles. The number of allylic oxidation sites excluding steroid dienone is 2. The molecule has 3 aromatic rings. The molecule has 1 fully saturated rings. The number of hydrogen-bond acceptors (Lipinski definition) is 5. The number of halogens is 1. The molecule has 1 aliphatic carbocycles. The Labute approximate surface area is 198 Å². The molecule has 0 unspecified atom stereocenters. The third kappa shape index (κ3) is 5.05. The molecule has 0 atom stereocenters. The largest absolute Gasteiger partial charge is 0.378 e. The monoisotopic (exact) mass is 456 g/mol. The number of hydrogen-bond donors (Lipinski definition) is 0. The van der Waals surface area contributed by atoms with Gasteiger partial charge in [-0.05, 0) is 47.8 Å². The molecule has 1 saturated heterocycles. The first-order chi connectivity index (χ1) is 16.3. The molecular weight excluding hydrogens is 432 g/mol. The van der Waals surface area contributed by atoms with Crippen LogP contribution in [0.15, 0.2) is 87.7 Å². The zero-order valence-corrected chi connectivity index (χ0v) is 19.1. The van der Waals surface area contributed by atoms with E-state index in [9.17, 15) is 0 Å². The van der Waals surface area contributed by atoms with E-state index in [1.165, 1.54) is 22.4 Å². The Morgan fingerprint density at radius 2 is 1.67 bits per heavy atom. The number of nitrogens with zero attached hydrogens (tertiary/aromatic N) is 4. The molecule has 0 spiro atoms. The molecule has 166 valence electrons. The molecule has 6 heteroatoms. The summed E-state index contributed by atoms with van der Waals surface area (Å²) >= 11 is 6.34. The maximum Gasteiger partial charge on any atom is 0.138 e. The average molecular weight is 457 g/mol. The van der Waals surface area contributed by atoms with Crippen molar-refractivity contribution in [2.75, 3.05) is 26.3 Å². The molecule has 33 heavy (non-hydrogen) atoms. The highest BCUT2D eigenvalue weighted by atomic mass is 35.5. The van der Waals surface area contributed by atoms with Crippen molar-refractivity contribution in [2.45, 2.75) is 12.8 Å². The second-order valence-corrected chi connectivity index (χ2v) is 8.46. The van der Waals surface area contributed by atoms with Crippen LogP contribution >= 0.6 is 11.6 Å². The van der Waals surface area contributed by atoms with Gasteiger partial charge >= 0.3 is 0 Å². The molecule has 5 nitrogen and oxygen atoms in total. The molecule has 2 aromatic carbocycles. The number of benzene rings is 2. The number of ether oxygens (including phenoxy) is 1. The molecule has 0 radical (unpaired) electrons. The first-order valence-corrected chi connectivity index (χ1v) is 11.6. The topological polar surface area (TPSA) is 50.1 Å². The van der Waals surface area contributed by atoms with E-state index >= 15 is 0 Å². The van der Waals surface area contributed by atoms with Crippen molar-refractivity contribution in [3.63, 3.8) is 0 Å². The molecule has 0 saturated carbocycles. The van der Waals surface area contributed by atoms with E-state index in [2.05, 4.69) is 50.4 Å². The molecular formula is C27H25ClN4O. The van der Waals surface area contributed by atoms with Gasteiger partial charge in [0.25, 0.3) is 0 Å². The Bertz CT molecular complexity index is 1260. The van der Waals surface area contributed by atoms with Crippen LogP contribution in [0.4, 0.5) is 0 Å². The second kappa shape index (κ2) is 10.1. The van der Waals surface area contributed by atoms with Gasteiger partial charge in [0.2, 0.25) is 0 Å². The third-order valence-electron chi connectivity index (χ3n) is 5.92. The SMILES string of the molecule is Clc1nc2ccccc2cc1C=NN=CC1=C(N2CCOCC2)C(=Cc2ccccc2)CC1. The van der Waals surface area contributed by atoms with Crippen LogP contribution in [0, 0.1) is 0 Å². The Morgan fingerprint density at radius 3 is 2.52 bits per heavy atom. The van der Waals surface area contributed by atoms with Crippen molar-refractivity contribution in [3.05, 3.63) is 93.8 Å². The lowest BCUT2D eigenvalue weighted by Gasteiger charge is -2.31. The summed E-state index contributed by atoms with van der Waals surface area (Å²) in [4.78, 5) is 6.86. The molecule has 0 amide bonds. The van der Waals surface area contributed by atoms with Gasteiger partial charge in [-0.2, -0.15) is 10.2 Å². The van der Waals surface area contributed by atoms with Gasteiger partial charge < -0.3 is 9.64 Å². The molecule has 0 N–H and O–H groups in total. The number of morpholine rings is 1. The smallest absolute Gasteiger partial charge is 0.138 e. The Hall–Kier alpha value is -3.28. The van der Waals surface area contributed by atoms with Crippen LogP contribution in [-0.4, -0.2) is 48.6 Å². The van der Waals surface area contributed by atoms with Gasteiger partial charge in [-0.1, -0.05) is 60.1 Å². The van der Waals surface area contributed by atoms with Gasteiger partial charge in [-0.3, -0.25) is 0 Å². The van der Waals surface area contributed by atoms with Crippen molar-refractivity contribution < 1.29 is 4.74 Å². The molecule has 0 bridgehead atoms. The van der Waals surface area contributed by atoms with E-state index < -0.39 is 0 Å². The van der Waals surface area contributed by atoms with Crippen molar-refractivity contribution in [2.24, 2.45) is 10.2 Å². The molecule has 5 rings (SSSR count). The minimum absolute atomic E-state index is 0.426. The molecule has 1 aromatic heterocycles. The van der Waals surface area contributed by atoms with E-state index in [0.717, 1.165) is 55.6 Å². The van der Waals surface area contributed by atoms with Gasteiger partial charge in [0.15, 0.2) is 0 Å². The van der Waals surface area contributed by atoms with E-state index in [1.54, 1.807) is 6.21 Å². The highest BCUT2D eigenvalue weighted by Crippen LogP contribution is 2.35. The summed E-state index contributed by atoms with van der Waals surface area (Å²) in [6.07, 6.45) is 7.78. The van der Waals surface area contributed by atoms with Gasteiger partial charge in [0.05, 0.1) is 31.2 Å². The average Bonchev–Trinajstić information content (AvgIpc) is 3.25. The summed E-state index contributed by atoms with van der Waals surface area (Å²) in [5.41, 5.74) is 6.66. The van der Waals surface area contributed by atoms with E-state index in [0.29, 0.717) is 5.15 Å². The lowest BCUT2D eigenvalue weighted by atomic mass is 10.1. The zero-order valence-electron chi connectivity index (χ0n) is 18.3. The lowest BCUT2D eigenvalue weighted by molar-refractivity contribution is 0.0548. The molecule has 2 aliphatic rings. The normalized spacial score (nSPS) is 18.5. The second-order valence-electron chi connectivity index (χ2n) is 8.10. The predicted molar refractivity (Wildman–Crippen MR) is 136 cm³/mol. The number of para-hydroxylation sites is 1. The van der Waals surface area contributed by atoms with E-state index in [1.807, 2.05) is 42.6 Å². The van der Waals surface area contributed by atoms with E-state index in [-0.39, 0.29) is 0 Å². The lowest BCUT2D eigenvalue weighted by Crippen LogP contribution is -2.36. The van der Waals surface area contributed by atoms with Gasteiger partial charge in [0.1, 0.15) is 5.15 Å². The Balaban J connectivity index is 1.41. The van der Waals surface area contributed by atoms with Crippen molar-refractivity contribution >= 4 is 41.0 Å². The fourth-order valence-corrected chi connectivity index (χ4v) is 4.51. The number of rotatable bonds is 5. The minimum Gasteiger partial charge on any atom is -0.378 e. The first-order valence-electron chi connectivity index (χ1n) is 11.2. The first kappa shape index (κ1) is 21.6. The van der Waals surface area contributed by atoms with Crippen molar-refractivity contribution in [1.82, 2.24) is 9.88 Å². The van der Waals surface area contributed by atoms with Crippen LogP contribution in [0.1, 0.15) is 24.0 Å². The van der Waals surface area contributed by atoms with Crippen LogP contribution in [0.5, 0.6) is 0 Å². The zero-order chi connectivity index (χ0) is 22.5. The van der Waals surface area contributed by atoms with Crippen LogP contribution in [-0.2, 0) is 4.74 Å². The Kier molecular flexibility index (Phi) is 6.61. The van der Waals surface area contributed by atoms with Crippen LogP contribution in [0.2, 0.25) is 5.15 Å². The van der Waals surface area contributed by atoms with Crippen molar-refractivity contribution in [3.8, 4) is 0 Å². The fraction of sp³-hybridized carbons (Fsp3) is 0.222. The van der Waals surface area contributed by atoms with Gasteiger partial charge in [-0.15, -0.1) is 0 Å². The highest BCUT2D eigenvalue weighted by molar-refractivity contribution is 6.32. The summed E-state index contributed by atoms with van der Waals surface area (Å²) in [7, 11) is 0. The standard InChI is InChI=1S/C27H25ClN4O/c28-27-24(17-21-8-4-5-9-25(21)31-27)19-30-29-18-23-11-10-22(16-20-6-2-1-3-7-20)26(23)32-12-14-33-15-13-32/h1-9,16-19H,10-15H2. The minimum atomic E-state index is 0.426. The van der Waals surface area contributed by atoms with Crippen LogP contribution in [0.25, 0.3) is 17.0 Å². The number of fused-ring (bicyclic) bond motifs is 1. The third-order valence-corrected chi connectivity index (χ3v) is 6.22. The van der Waals surface area contributed by atoms with Gasteiger partial charge in [-0.25, -0.2) is 4.98 Å². The maximum absolute atomic E-state index is 6.34. The number of pyridine rings is 1. The summed E-state index contributed by atoms with van der Waals surface area (Å²) in [6, 6.07) is 20.3. The van der Waals surface area contributed by atoms with Crippen molar-refractivity contribution in [1.29, 1.82) is 0 Å². The number of aromatic nitrogens is 1. The summed E-state index contributed by atoms with van der Waals surface area (Å²) in [5, 5.41) is 10.1. The fourth-order valence-electron chi connectivity index (χ4n) is 4.32. The summed E-state index contributed by atoms with van der Waals surface area (Å²) in [6.45, 7) is 3.27.